The van der Waals surface area contributed by atoms with Gasteiger partial charge in [0.25, 0.3) is 0 Å². The molecule has 1 aromatic carbocycles. The summed E-state index contributed by atoms with van der Waals surface area (Å²) in [6, 6.07) is 5.53. The average Bonchev–Trinajstić information content (AvgIpc) is 2.35. The highest BCUT2D eigenvalue weighted by Crippen LogP contribution is 2.24. The van der Waals surface area contributed by atoms with Crippen LogP contribution in [-0.4, -0.2) is 23.6 Å². The van der Waals surface area contributed by atoms with Crippen LogP contribution in [0.25, 0.3) is 0 Å². The van der Waals surface area contributed by atoms with E-state index in [1.807, 2.05) is 19.1 Å². The standard InChI is InChI=1S/C15H22O3/c1-6-11-7-8-12(14(16)15(3,4)17)9-13(11)10(2)18-5/h7-10,17H,6H2,1-5H3. The molecule has 0 bridgehead atoms. The molecule has 3 nitrogen and oxygen atoms in total. The molecule has 1 rings (SSSR count). The molecule has 0 aromatic heterocycles. The molecule has 0 heterocycles. The van der Waals surface area contributed by atoms with E-state index in [4.69, 9.17) is 4.74 Å². The number of aryl methyl sites for hydroxylation is 1. The maximum Gasteiger partial charge on any atom is 0.193 e. The molecular weight excluding hydrogens is 228 g/mol. The minimum absolute atomic E-state index is 0.0606. The highest BCUT2D eigenvalue weighted by atomic mass is 16.5. The molecular formula is C15H22O3. The fourth-order valence-electron chi connectivity index (χ4n) is 1.92. The van der Waals surface area contributed by atoms with Crippen LogP contribution >= 0.6 is 0 Å². The summed E-state index contributed by atoms with van der Waals surface area (Å²) in [5.74, 6) is -0.269. The summed E-state index contributed by atoms with van der Waals surface area (Å²) in [5.41, 5.74) is 1.35. The molecule has 1 unspecified atom stereocenters. The van der Waals surface area contributed by atoms with Gasteiger partial charge in [0.1, 0.15) is 5.60 Å². The molecule has 0 aliphatic heterocycles. The highest BCUT2D eigenvalue weighted by molar-refractivity contribution is 6.01. The quantitative estimate of drug-likeness (QED) is 0.817. The Kier molecular flexibility index (Phi) is 4.65. The number of carbonyl (C=O) groups excluding carboxylic acids is 1. The Bertz CT molecular complexity index is 430. The second kappa shape index (κ2) is 5.63. The van der Waals surface area contributed by atoms with Gasteiger partial charge < -0.3 is 9.84 Å². The summed E-state index contributed by atoms with van der Waals surface area (Å²) >= 11 is 0. The van der Waals surface area contributed by atoms with Crippen LogP contribution in [0.15, 0.2) is 18.2 Å². The van der Waals surface area contributed by atoms with Gasteiger partial charge in [-0.15, -0.1) is 0 Å². The van der Waals surface area contributed by atoms with Gasteiger partial charge in [-0.3, -0.25) is 4.79 Å². The lowest BCUT2D eigenvalue weighted by molar-refractivity contribution is 0.0487. The number of ether oxygens (including phenoxy) is 1. The van der Waals surface area contributed by atoms with Crippen molar-refractivity contribution in [1.82, 2.24) is 0 Å². The molecule has 0 amide bonds. The molecule has 0 saturated carbocycles. The van der Waals surface area contributed by atoms with Gasteiger partial charge >= 0.3 is 0 Å². The molecule has 1 N–H and O–H groups in total. The van der Waals surface area contributed by atoms with Gasteiger partial charge in [-0.1, -0.05) is 19.1 Å². The normalized spacial score (nSPS) is 13.4. The van der Waals surface area contributed by atoms with Crippen molar-refractivity contribution >= 4 is 5.78 Å². The lowest BCUT2D eigenvalue weighted by atomic mass is 9.92. The Morgan fingerprint density at radius 3 is 2.50 bits per heavy atom. The van der Waals surface area contributed by atoms with E-state index in [-0.39, 0.29) is 11.9 Å². The van der Waals surface area contributed by atoms with Crippen molar-refractivity contribution < 1.29 is 14.6 Å². The SMILES string of the molecule is CCc1ccc(C(=O)C(C)(C)O)cc1C(C)OC. The van der Waals surface area contributed by atoms with Crippen LogP contribution in [0, 0.1) is 0 Å². The smallest absolute Gasteiger partial charge is 0.193 e. The minimum atomic E-state index is -1.35. The second-order valence-corrected chi connectivity index (χ2v) is 5.03. The third-order valence-corrected chi connectivity index (χ3v) is 3.14. The number of aliphatic hydroxyl groups is 1. The maximum absolute atomic E-state index is 12.0. The van der Waals surface area contributed by atoms with Crippen LogP contribution in [0.1, 0.15) is 55.3 Å². The van der Waals surface area contributed by atoms with Crippen molar-refractivity contribution in [2.45, 2.75) is 45.8 Å². The molecule has 0 fully saturated rings. The summed E-state index contributed by atoms with van der Waals surface area (Å²) in [7, 11) is 1.65. The first-order chi connectivity index (χ1) is 8.31. The van der Waals surface area contributed by atoms with Gasteiger partial charge in [0, 0.05) is 12.7 Å². The first kappa shape index (κ1) is 14.9. The first-order valence-corrected chi connectivity index (χ1v) is 6.24. The number of benzene rings is 1. The topological polar surface area (TPSA) is 46.5 Å². The molecule has 0 spiro atoms. The number of hydrogen-bond donors (Lipinski definition) is 1. The van der Waals surface area contributed by atoms with Crippen LogP contribution in [-0.2, 0) is 11.2 Å². The highest BCUT2D eigenvalue weighted by Gasteiger charge is 2.26. The van der Waals surface area contributed by atoms with E-state index in [0.717, 1.165) is 17.5 Å². The zero-order chi connectivity index (χ0) is 13.9. The van der Waals surface area contributed by atoms with E-state index in [1.54, 1.807) is 13.2 Å². The Morgan fingerprint density at radius 1 is 1.44 bits per heavy atom. The second-order valence-electron chi connectivity index (χ2n) is 5.03. The summed E-state index contributed by atoms with van der Waals surface area (Å²) in [6.07, 6.45) is 0.828. The lowest BCUT2D eigenvalue weighted by Gasteiger charge is -2.19. The van der Waals surface area contributed by atoms with Gasteiger partial charge in [-0.05, 0) is 44.4 Å². The van der Waals surface area contributed by atoms with E-state index in [2.05, 4.69) is 6.92 Å². The zero-order valence-electron chi connectivity index (χ0n) is 11.8. The number of rotatable bonds is 5. The number of methoxy groups -OCH3 is 1. The van der Waals surface area contributed by atoms with Crippen LogP contribution in [0.2, 0.25) is 0 Å². The van der Waals surface area contributed by atoms with Crippen LogP contribution in [0.5, 0.6) is 0 Å². The van der Waals surface area contributed by atoms with Crippen molar-refractivity contribution in [3.8, 4) is 0 Å². The first-order valence-electron chi connectivity index (χ1n) is 6.24. The lowest BCUT2D eigenvalue weighted by Crippen LogP contribution is -2.31. The van der Waals surface area contributed by atoms with Gasteiger partial charge in [0.05, 0.1) is 6.10 Å². The van der Waals surface area contributed by atoms with E-state index < -0.39 is 5.60 Å². The van der Waals surface area contributed by atoms with Crippen molar-refractivity contribution in [2.24, 2.45) is 0 Å². The average molecular weight is 250 g/mol. The largest absolute Gasteiger partial charge is 0.382 e. The molecule has 1 atom stereocenters. The minimum Gasteiger partial charge on any atom is -0.382 e. The Labute approximate surface area is 109 Å². The fourth-order valence-corrected chi connectivity index (χ4v) is 1.92. The van der Waals surface area contributed by atoms with E-state index in [9.17, 15) is 9.90 Å². The number of ketones is 1. The third-order valence-electron chi connectivity index (χ3n) is 3.14. The Morgan fingerprint density at radius 2 is 2.06 bits per heavy atom. The summed E-state index contributed by atoms with van der Waals surface area (Å²) in [6.45, 7) is 7.02. The van der Waals surface area contributed by atoms with E-state index in [1.165, 1.54) is 13.8 Å². The molecule has 18 heavy (non-hydrogen) atoms. The number of carbonyl (C=O) groups is 1. The van der Waals surface area contributed by atoms with Gasteiger partial charge in [0.15, 0.2) is 5.78 Å². The predicted molar refractivity (Wildman–Crippen MR) is 71.9 cm³/mol. The molecule has 100 valence electrons. The zero-order valence-corrected chi connectivity index (χ0v) is 11.8. The molecule has 0 radical (unpaired) electrons. The van der Waals surface area contributed by atoms with Crippen LogP contribution in [0.3, 0.4) is 0 Å². The third kappa shape index (κ3) is 3.18. The van der Waals surface area contributed by atoms with E-state index >= 15 is 0 Å². The molecule has 0 aliphatic rings. The van der Waals surface area contributed by atoms with Crippen molar-refractivity contribution in [3.05, 3.63) is 34.9 Å². The maximum atomic E-state index is 12.0. The summed E-state index contributed by atoms with van der Waals surface area (Å²) in [5, 5.41) is 9.77. The van der Waals surface area contributed by atoms with Crippen LogP contribution in [0.4, 0.5) is 0 Å². The molecule has 0 aliphatic carbocycles. The predicted octanol–water partition coefficient (Wildman–Crippen LogP) is 2.91. The van der Waals surface area contributed by atoms with Crippen molar-refractivity contribution in [2.75, 3.05) is 7.11 Å². The number of Topliss-reactive ketones (excluding diaryl/α,β-unsaturated/α-hetero) is 1. The summed E-state index contributed by atoms with van der Waals surface area (Å²) in [4.78, 5) is 12.0. The Hall–Kier alpha value is -1.19. The van der Waals surface area contributed by atoms with E-state index in [0.29, 0.717) is 5.56 Å². The van der Waals surface area contributed by atoms with Gasteiger partial charge in [0.2, 0.25) is 0 Å². The monoisotopic (exact) mass is 250 g/mol. The summed E-state index contributed by atoms with van der Waals surface area (Å²) < 4.78 is 5.33. The molecule has 3 heteroatoms. The fraction of sp³-hybridized carbons (Fsp3) is 0.533. The number of hydrogen-bond acceptors (Lipinski definition) is 3. The van der Waals surface area contributed by atoms with Crippen LogP contribution < -0.4 is 0 Å². The van der Waals surface area contributed by atoms with Gasteiger partial charge in [-0.25, -0.2) is 0 Å². The molecule has 1 aromatic rings. The van der Waals surface area contributed by atoms with Crippen molar-refractivity contribution in [3.63, 3.8) is 0 Å². The van der Waals surface area contributed by atoms with Crippen molar-refractivity contribution in [1.29, 1.82) is 0 Å². The Balaban J connectivity index is 3.22. The molecule has 0 saturated heterocycles. The van der Waals surface area contributed by atoms with Gasteiger partial charge in [-0.2, -0.15) is 0 Å².